The quantitative estimate of drug-likeness (QED) is 0.681. The Morgan fingerprint density at radius 1 is 1.18 bits per heavy atom. The molecule has 1 aromatic rings. The fourth-order valence-electron chi connectivity index (χ4n) is 2.13. The topological polar surface area (TPSA) is 70.2 Å². The summed E-state index contributed by atoms with van der Waals surface area (Å²) in [6, 6.07) is 9.47. The molecule has 5 nitrogen and oxygen atoms in total. The molecule has 0 bridgehead atoms. The zero-order chi connectivity index (χ0) is 15.7. The number of benzene rings is 1. The SMILES string of the molecule is CCN[C@H](C)CNC(=O)CC(NC(C)=O)c1ccccc1.Cl. The third-order valence-electron chi connectivity index (χ3n) is 3.13. The van der Waals surface area contributed by atoms with E-state index < -0.39 is 0 Å². The van der Waals surface area contributed by atoms with Gasteiger partial charge in [0.15, 0.2) is 0 Å². The van der Waals surface area contributed by atoms with Crippen molar-refractivity contribution < 1.29 is 9.59 Å². The highest BCUT2D eigenvalue weighted by atomic mass is 35.5. The predicted molar refractivity (Wildman–Crippen MR) is 91.0 cm³/mol. The van der Waals surface area contributed by atoms with E-state index in [2.05, 4.69) is 16.0 Å². The van der Waals surface area contributed by atoms with Gasteiger partial charge in [-0.15, -0.1) is 12.4 Å². The molecule has 1 unspecified atom stereocenters. The van der Waals surface area contributed by atoms with Crippen LogP contribution in [0.2, 0.25) is 0 Å². The van der Waals surface area contributed by atoms with E-state index in [4.69, 9.17) is 0 Å². The van der Waals surface area contributed by atoms with Crippen molar-refractivity contribution in [1.29, 1.82) is 0 Å². The lowest BCUT2D eigenvalue weighted by Gasteiger charge is -2.19. The highest BCUT2D eigenvalue weighted by molar-refractivity contribution is 5.85. The predicted octanol–water partition coefficient (Wildman–Crippen LogP) is 1.79. The first-order valence-corrected chi connectivity index (χ1v) is 7.35. The molecule has 0 aliphatic carbocycles. The van der Waals surface area contributed by atoms with Crippen molar-refractivity contribution >= 4 is 24.2 Å². The van der Waals surface area contributed by atoms with E-state index in [0.717, 1.165) is 12.1 Å². The first-order chi connectivity index (χ1) is 10.0. The van der Waals surface area contributed by atoms with Gasteiger partial charge in [0.2, 0.25) is 11.8 Å². The van der Waals surface area contributed by atoms with Crippen molar-refractivity contribution in [2.24, 2.45) is 0 Å². The number of carbonyl (C=O) groups is 2. The van der Waals surface area contributed by atoms with E-state index in [1.54, 1.807) is 0 Å². The molecule has 6 heteroatoms. The molecule has 0 fully saturated rings. The molecule has 1 rings (SSSR count). The second-order valence-electron chi connectivity index (χ2n) is 5.13. The van der Waals surface area contributed by atoms with Crippen LogP contribution in [0.15, 0.2) is 30.3 Å². The van der Waals surface area contributed by atoms with Gasteiger partial charge in [0.05, 0.1) is 12.5 Å². The summed E-state index contributed by atoms with van der Waals surface area (Å²) in [7, 11) is 0. The Bertz CT molecular complexity index is 454. The fraction of sp³-hybridized carbons (Fsp3) is 0.500. The molecular weight excluding hydrogens is 302 g/mol. The zero-order valence-corrected chi connectivity index (χ0v) is 14.2. The van der Waals surface area contributed by atoms with Crippen LogP contribution >= 0.6 is 12.4 Å². The molecular formula is C16H26ClN3O2. The number of likely N-dealkylation sites (N-methyl/N-ethyl adjacent to an activating group) is 1. The van der Waals surface area contributed by atoms with Crippen molar-refractivity contribution in [3.63, 3.8) is 0 Å². The number of halogens is 1. The summed E-state index contributed by atoms with van der Waals surface area (Å²) in [5, 5.41) is 8.95. The van der Waals surface area contributed by atoms with Crippen molar-refractivity contribution in [2.45, 2.75) is 39.3 Å². The van der Waals surface area contributed by atoms with Crippen LogP contribution in [-0.4, -0.2) is 30.9 Å². The summed E-state index contributed by atoms with van der Waals surface area (Å²) in [5.74, 6) is -0.208. The van der Waals surface area contributed by atoms with Crippen LogP contribution in [0.25, 0.3) is 0 Å². The summed E-state index contributed by atoms with van der Waals surface area (Å²) in [5.41, 5.74) is 0.933. The maximum atomic E-state index is 12.0. The lowest BCUT2D eigenvalue weighted by atomic mass is 10.0. The molecule has 1 aromatic carbocycles. The molecule has 124 valence electrons. The average Bonchev–Trinajstić information content (AvgIpc) is 2.45. The van der Waals surface area contributed by atoms with Gasteiger partial charge in [-0.2, -0.15) is 0 Å². The molecule has 0 heterocycles. The molecule has 0 aliphatic heterocycles. The van der Waals surface area contributed by atoms with Crippen LogP contribution in [0, 0.1) is 0 Å². The molecule has 0 radical (unpaired) electrons. The lowest BCUT2D eigenvalue weighted by molar-refractivity contribution is -0.122. The van der Waals surface area contributed by atoms with E-state index in [9.17, 15) is 9.59 Å². The maximum Gasteiger partial charge on any atom is 0.222 e. The minimum absolute atomic E-state index is 0. The number of carbonyl (C=O) groups excluding carboxylic acids is 2. The number of hydrogen-bond donors (Lipinski definition) is 3. The molecule has 0 saturated carbocycles. The standard InChI is InChI=1S/C16H25N3O2.ClH/c1-4-17-12(2)11-18-16(21)10-15(19-13(3)20)14-8-6-5-7-9-14;/h5-9,12,15,17H,4,10-11H2,1-3H3,(H,18,21)(H,19,20);1H/t12-,15?;/m1./s1. The van der Waals surface area contributed by atoms with Gasteiger partial charge in [0.25, 0.3) is 0 Å². The van der Waals surface area contributed by atoms with Gasteiger partial charge < -0.3 is 16.0 Å². The fourth-order valence-corrected chi connectivity index (χ4v) is 2.13. The number of amides is 2. The molecule has 2 atom stereocenters. The van der Waals surface area contributed by atoms with Gasteiger partial charge in [0, 0.05) is 19.5 Å². The number of rotatable bonds is 8. The molecule has 3 N–H and O–H groups in total. The smallest absolute Gasteiger partial charge is 0.222 e. The number of nitrogens with one attached hydrogen (secondary N) is 3. The van der Waals surface area contributed by atoms with E-state index in [1.807, 2.05) is 44.2 Å². The van der Waals surface area contributed by atoms with Gasteiger partial charge in [-0.1, -0.05) is 37.3 Å². The molecule has 22 heavy (non-hydrogen) atoms. The highest BCUT2D eigenvalue weighted by Crippen LogP contribution is 2.16. The normalized spacial score (nSPS) is 12.7. The van der Waals surface area contributed by atoms with Gasteiger partial charge in [-0.25, -0.2) is 0 Å². The van der Waals surface area contributed by atoms with Crippen LogP contribution in [0.1, 0.15) is 38.8 Å². The Hall–Kier alpha value is -1.59. The monoisotopic (exact) mass is 327 g/mol. The third-order valence-corrected chi connectivity index (χ3v) is 3.13. The first kappa shape index (κ1) is 20.4. The molecule has 0 aliphatic rings. The third kappa shape index (κ3) is 8.00. The van der Waals surface area contributed by atoms with Crippen molar-refractivity contribution in [3.05, 3.63) is 35.9 Å². The minimum Gasteiger partial charge on any atom is -0.354 e. The first-order valence-electron chi connectivity index (χ1n) is 7.35. The molecule has 0 saturated heterocycles. The summed E-state index contributed by atoms with van der Waals surface area (Å²) >= 11 is 0. The van der Waals surface area contributed by atoms with E-state index in [1.165, 1.54) is 6.92 Å². The van der Waals surface area contributed by atoms with E-state index in [-0.39, 0.29) is 42.7 Å². The summed E-state index contributed by atoms with van der Waals surface area (Å²) in [6.07, 6.45) is 0.239. The Morgan fingerprint density at radius 2 is 1.82 bits per heavy atom. The van der Waals surface area contributed by atoms with Gasteiger partial charge in [-0.05, 0) is 19.0 Å². The van der Waals surface area contributed by atoms with Crippen LogP contribution in [0.5, 0.6) is 0 Å². The van der Waals surface area contributed by atoms with Crippen LogP contribution in [0.3, 0.4) is 0 Å². The second-order valence-corrected chi connectivity index (χ2v) is 5.13. The summed E-state index contributed by atoms with van der Waals surface area (Å²) in [4.78, 5) is 23.3. The Labute approximate surface area is 138 Å². The largest absolute Gasteiger partial charge is 0.354 e. The lowest BCUT2D eigenvalue weighted by Crippen LogP contribution is -2.40. The number of hydrogen-bond acceptors (Lipinski definition) is 3. The Balaban J connectivity index is 0.00000441. The average molecular weight is 328 g/mol. The molecule has 0 spiro atoms. The van der Waals surface area contributed by atoms with Gasteiger partial charge in [0.1, 0.15) is 0 Å². The molecule has 0 aromatic heterocycles. The maximum absolute atomic E-state index is 12.0. The van der Waals surface area contributed by atoms with Gasteiger partial charge in [-0.3, -0.25) is 9.59 Å². The minimum atomic E-state index is -0.293. The van der Waals surface area contributed by atoms with Crippen LogP contribution in [-0.2, 0) is 9.59 Å². The van der Waals surface area contributed by atoms with Crippen LogP contribution in [0.4, 0.5) is 0 Å². The van der Waals surface area contributed by atoms with Crippen molar-refractivity contribution in [2.75, 3.05) is 13.1 Å². The Kier molecular flexibility index (Phi) is 10.2. The zero-order valence-electron chi connectivity index (χ0n) is 13.4. The van der Waals surface area contributed by atoms with E-state index >= 15 is 0 Å². The van der Waals surface area contributed by atoms with E-state index in [0.29, 0.717) is 6.54 Å². The van der Waals surface area contributed by atoms with Crippen molar-refractivity contribution in [3.8, 4) is 0 Å². The van der Waals surface area contributed by atoms with Gasteiger partial charge >= 0.3 is 0 Å². The summed E-state index contributed by atoms with van der Waals surface area (Å²) < 4.78 is 0. The van der Waals surface area contributed by atoms with Crippen molar-refractivity contribution in [1.82, 2.24) is 16.0 Å². The second kappa shape index (κ2) is 11.0. The molecule has 2 amide bonds. The van der Waals surface area contributed by atoms with Crippen LogP contribution < -0.4 is 16.0 Å². The summed E-state index contributed by atoms with van der Waals surface area (Å²) in [6.45, 7) is 6.96. The highest BCUT2D eigenvalue weighted by Gasteiger charge is 2.17. The Morgan fingerprint density at radius 3 is 2.36 bits per heavy atom.